The van der Waals surface area contributed by atoms with Gasteiger partial charge >= 0.3 is 11.4 Å². The lowest BCUT2D eigenvalue weighted by atomic mass is 10.3. The van der Waals surface area contributed by atoms with Crippen molar-refractivity contribution in [3.05, 3.63) is 45.0 Å². The lowest BCUT2D eigenvalue weighted by molar-refractivity contribution is -0.385. The van der Waals surface area contributed by atoms with Gasteiger partial charge in [0.15, 0.2) is 11.6 Å². The maximum Gasteiger partial charge on any atom is 0.306 e. The molecule has 4 heterocycles. The first-order chi connectivity index (χ1) is 15.4. The second-order valence-corrected chi connectivity index (χ2v) is 8.20. The molecular weight excluding hydrogens is 440 g/mol. The van der Waals surface area contributed by atoms with Gasteiger partial charge in [-0.2, -0.15) is 10.2 Å². The highest BCUT2D eigenvalue weighted by Crippen LogP contribution is 2.24. The van der Waals surface area contributed by atoms with Crippen molar-refractivity contribution in [2.24, 2.45) is 0 Å². The van der Waals surface area contributed by atoms with Gasteiger partial charge in [0, 0.05) is 0 Å². The van der Waals surface area contributed by atoms with Crippen LogP contribution >= 0.6 is 0 Å². The van der Waals surface area contributed by atoms with Crippen molar-refractivity contribution in [2.75, 3.05) is 13.2 Å². The van der Waals surface area contributed by atoms with Gasteiger partial charge < -0.3 is 18.9 Å². The Morgan fingerprint density at radius 3 is 1.94 bits per heavy atom. The Kier molecular flexibility index (Phi) is 8.99. The molecule has 2 aromatic rings. The Balaban J connectivity index is 0.000000192. The van der Waals surface area contributed by atoms with Crippen LogP contribution in [0.1, 0.15) is 41.0 Å². The van der Waals surface area contributed by atoms with E-state index in [0.717, 1.165) is 19.2 Å². The third-order valence-electron chi connectivity index (χ3n) is 4.51. The number of rotatable bonds is 5. The predicted molar refractivity (Wildman–Crippen MR) is 114 cm³/mol. The molecule has 2 aliphatic heterocycles. The topological polar surface area (TPSA) is 170 Å². The summed E-state index contributed by atoms with van der Waals surface area (Å²) in [5.41, 5.74) is -0.0248. The third kappa shape index (κ3) is 8.84. The fourth-order valence-corrected chi connectivity index (χ4v) is 2.92. The van der Waals surface area contributed by atoms with Crippen LogP contribution in [0.4, 0.5) is 11.4 Å². The molecule has 184 valence electrons. The fraction of sp³-hybridized carbons (Fsp3) is 0.684. The Morgan fingerprint density at radius 1 is 1.03 bits per heavy atom. The minimum atomic E-state index is -0.580. The molecular formula is C19H30N6O8. The summed E-state index contributed by atoms with van der Waals surface area (Å²) in [5.74, 6) is -0.912. The molecule has 0 spiro atoms. The maximum atomic E-state index is 10.5. The van der Waals surface area contributed by atoms with Gasteiger partial charge in [-0.1, -0.05) is 6.92 Å². The molecule has 2 fully saturated rings. The molecule has 2 atom stereocenters. The first-order valence-electron chi connectivity index (χ1n) is 10.3. The second-order valence-electron chi connectivity index (χ2n) is 8.20. The van der Waals surface area contributed by atoms with Crippen molar-refractivity contribution in [1.29, 1.82) is 0 Å². The highest BCUT2D eigenvalue weighted by molar-refractivity contribution is 5.20. The van der Waals surface area contributed by atoms with E-state index in [4.69, 9.17) is 18.9 Å². The molecule has 0 bridgehead atoms. The van der Waals surface area contributed by atoms with Crippen molar-refractivity contribution < 1.29 is 28.8 Å². The number of nitrogens with one attached hydrogen (secondary N) is 1. The van der Waals surface area contributed by atoms with Gasteiger partial charge in [0.25, 0.3) is 0 Å². The number of nitro groups is 2. The molecule has 2 saturated heterocycles. The number of hydrogen-bond acceptors (Lipinski definition) is 10. The SMILES string of the molecule is CC1(C)OCC(Cn2cc([N+](=O)[O-])cn2)O1.CCC1COC(C)(C)O1.O=[N+]([O-])c1cn[nH]c1. The largest absolute Gasteiger partial charge is 0.348 e. The zero-order valence-electron chi connectivity index (χ0n) is 19.3. The maximum absolute atomic E-state index is 10.5. The number of aromatic amines is 1. The minimum Gasteiger partial charge on any atom is -0.348 e. The minimum absolute atomic E-state index is 0.00926. The van der Waals surface area contributed by atoms with Crippen LogP contribution in [-0.2, 0) is 25.5 Å². The van der Waals surface area contributed by atoms with Gasteiger partial charge in [-0.05, 0) is 34.1 Å². The highest BCUT2D eigenvalue weighted by Gasteiger charge is 2.33. The average Bonchev–Trinajstić information content (AvgIpc) is 3.51. The van der Waals surface area contributed by atoms with Crippen molar-refractivity contribution in [3.63, 3.8) is 0 Å². The number of nitrogens with zero attached hydrogens (tertiary/aromatic N) is 5. The van der Waals surface area contributed by atoms with Crippen LogP contribution < -0.4 is 0 Å². The normalized spacial score (nSPS) is 22.6. The lowest BCUT2D eigenvalue weighted by Crippen LogP contribution is -2.24. The molecule has 4 rings (SSSR count). The van der Waals surface area contributed by atoms with Crippen LogP contribution in [0, 0.1) is 20.2 Å². The molecule has 2 unspecified atom stereocenters. The van der Waals surface area contributed by atoms with Crippen LogP contribution in [0.3, 0.4) is 0 Å². The van der Waals surface area contributed by atoms with Gasteiger partial charge in [-0.15, -0.1) is 0 Å². The third-order valence-corrected chi connectivity index (χ3v) is 4.51. The van der Waals surface area contributed by atoms with Gasteiger partial charge in [0.05, 0.1) is 41.9 Å². The summed E-state index contributed by atoms with van der Waals surface area (Å²) in [4.78, 5) is 19.3. The van der Waals surface area contributed by atoms with Crippen molar-refractivity contribution in [3.8, 4) is 0 Å². The molecule has 33 heavy (non-hydrogen) atoms. The summed E-state index contributed by atoms with van der Waals surface area (Å²) in [7, 11) is 0. The van der Waals surface area contributed by atoms with E-state index < -0.39 is 15.6 Å². The number of aromatic nitrogens is 4. The second kappa shape index (κ2) is 11.3. The van der Waals surface area contributed by atoms with Crippen LogP contribution in [0.15, 0.2) is 24.8 Å². The van der Waals surface area contributed by atoms with Crippen LogP contribution in [0.5, 0.6) is 0 Å². The van der Waals surface area contributed by atoms with E-state index in [1.54, 1.807) is 0 Å². The number of ether oxygens (including phenoxy) is 4. The van der Waals surface area contributed by atoms with E-state index in [-0.39, 0.29) is 23.3 Å². The van der Waals surface area contributed by atoms with E-state index >= 15 is 0 Å². The monoisotopic (exact) mass is 470 g/mol. The summed E-state index contributed by atoms with van der Waals surface area (Å²) in [6.45, 7) is 11.3. The summed E-state index contributed by atoms with van der Waals surface area (Å²) in [5, 5.41) is 29.8. The first-order valence-corrected chi connectivity index (χ1v) is 10.3. The molecule has 0 radical (unpaired) electrons. The van der Waals surface area contributed by atoms with Gasteiger partial charge in [-0.3, -0.25) is 30.0 Å². The molecule has 14 heteroatoms. The quantitative estimate of drug-likeness (QED) is 0.506. The standard InChI is InChI=1S/C9H13N3O4.C7H14O2.C3H3N3O2/c1-9(2)15-6-8(16-9)5-11-4-7(3-10-11)12(13)14;1-4-6-5-8-7(2,3)9-6;7-6(8)3-1-4-5-2-3/h3-4,8H,5-6H2,1-2H3;6H,4-5H2,1-3H3;1-2H,(H,4,5). The molecule has 0 amide bonds. The number of H-pyrrole nitrogens is 1. The van der Waals surface area contributed by atoms with Crippen LogP contribution in [0.25, 0.3) is 0 Å². The van der Waals surface area contributed by atoms with E-state index in [9.17, 15) is 20.2 Å². The highest BCUT2D eigenvalue weighted by atomic mass is 16.7. The Hall–Kier alpha value is -2.94. The molecule has 2 aromatic heterocycles. The Bertz CT molecular complexity index is 898. The first kappa shape index (κ1) is 26.3. The molecule has 0 saturated carbocycles. The smallest absolute Gasteiger partial charge is 0.306 e. The molecule has 0 aliphatic carbocycles. The van der Waals surface area contributed by atoms with Gasteiger partial charge in [0.2, 0.25) is 0 Å². The fourth-order valence-electron chi connectivity index (χ4n) is 2.92. The summed E-state index contributed by atoms with van der Waals surface area (Å²) < 4.78 is 23.2. The van der Waals surface area contributed by atoms with Crippen molar-refractivity contribution >= 4 is 11.4 Å². The van der Waals surface area contributed by atoms with E-state index in [1.807, 2.05) is 27.7 Å². The molecule has 14 nitrogen and oxygen atoms in total. The van der Waals surface area contributed by atoms with E-state index in [1.165, 1.54) is 23.3 Å². The van der Waals surface area contributed by atoms with Gasteiger partial charge in [-0.25, -0.2) is 0 Å². The predicted octanol–water partition coefficient (Wildman–Crippen LogP) is 2.81. The molecule has 2 aliphatic rings. The zero-order valence-corrected chi connectivity index (χ0v) is 19.3. The Morgan fingerprint density at radius 2 is 1.61 bits per heavy atom. The molecule has 1 N–H and O–H groups in total. The van der Waals surface area contributed by atoms with Gasteiger partial charge in [0.1, 0.15) is 24.7 Å². The number of hydrogen-bond donors (Lipinski definition) is 1. The van der Waals surface area contributed by atoms with Crippen molar-refractivity contribution in [1.82, 2.24) is 20.0 Å². The summed E-state index contributed by atoms with van der Waals surface area (Å²) in [6, 6.07) is 0. The van der Waals surface area contributed by atoms with E-state index in [0.29, 0.717) is 19.3 Å². The average molecular weight is 470 g/mol. The Labute approximate surface area is 190 Å². The van der Waals surface area contributed by atoms with E-state index in [2.05, 4.69) is 22.2 Å². The molecule has 0 aromatic carbocycles. The summed E-state index contributed by atoms with van der Waals surface area (Å²) in [6.07, 6.45) is 6.23. The zero-order chi connectivity index (χ0) is 24.6. The summed E-state index contributed by atoms with van der Waals surface area (Å²) >= 11 is 0. The van der Waals surface area contributed by atoms with Crippen LogP contribution in [0.2, 0.25) is 0 Å². The van der Waals surface area contributed by atoms with Crippen LogP contribution in [-0.4, -0.2) is 66.8 Å². The van der Waals surface area contributed by atoms with Crippen molar-refractivity contribution in [2.45, 2.75) is 71.4 Å². The lowest BCUT2D eigenvalue weighted by Gasteiger charge is -2.16.